The van der Waals surface area contributed by atoms with Gasteiger partial charge in [-0.2, -0.15) is 0 Å². The van der Waals surface area contributed by atoms with Crippen LogP contribution in [0.15, 0.2) is 24.3 Å². The van der Waals surface area contributed by atoms with Gasteiger partial charge in [-0.05, 0) is 37.5 Å². The number of nitrogens with zero attached hydrogens (tertiary/aromatic N) is 2. The highest BCUT2D eigenvalue weighted by atomic mass is 16.5. The highest BCUT2D eigenvalue weighted by molar-refractivity contribution is 5.81. The Kier molecular flexibility index (Phi) is 6.29. The summed E-state index contributed by atoms with van der Waals surface area (Å²) in [5, 5.41) is 10.2. The molecule has 2 atom stereocenters. The maximum Gasteiger partial charge on any atom is 0.251 e. The predicted octanol–water partition coefficient (Wildman–Crippen LogP) is 1.06. The Labute approximate surface area is 149 Å². The van der Waals surface area contributed by atoms with Crippen LogP contribution < -0.4 is 4.74 Å². The summed E-state index contributed by atoms with van der Waals surface area (Å²) in [6, 6.07) is 7.82. The summed E-state index contributed by atoms with van der Waals surface area (Å²) in [7, 11) is 0. The number of amides is 1. The van der Waals surface area contributed by atoms with E-state index in [-0.39, 0.29) is 18.6 Å². The van der Waals surface area contributed by atoms with Crippen LogP contribution in [0, 0.1) is 6.92 Å². The lowest BCUT2D eigenvalue weighted by molar-refractivity contribution is -0.142. The number of aliphatic hydroxyl groups excluding tert-OH is 1. The Bertz CT molecular complexity index is 566. The molecule has 1 aromatic carbocycles. The average Bonchev–Trinajstić information content (AvgIpc) is 3.15. The van der Waals surface area contributed by atoms with Crippen molar-refractivity contribution in [2.24, 2.45) is 0 Å². The molecule has 0 spiro atoms. The van der Waals surface area contributed by atoms with Crippen molar-refractivity contribution in [1.29, 1.82) is 0 Å². The quantitative estimate of drug-likeness (QED) is 0.833. The van der Waals surface area contributed by atoms with Crippen LogP contribution in [0.2, 0.25) is 0 Å². The summed E-state index contributed by atoms with van der Waals surface area (Å²) >= 11 is 0. The molecule has 0 saturated carbocycles. The number of ether oxygens (including phenoxy) is 2. The van der Waals surface area contributed by atoms with E-state index in [1.165, 1.54) is 0 Å². The molecule has 2 fully saturated rings. The van der Waals surface area contributed by atoms with Gasteiger partial charge in [0.15, 0.2) is 0 Å². The Balaban J connectivity index is 1.37. The van der Waals surface area contributed by atoms with E-state index in [2.05, 4.69) is 4.90 Å². The van der Waals surface area contributed by atoms with Crippen LogP contribution in [0.5, 0.6) is 5.75 Å². The number of aryl methyl sites for hydroxylation is 1. The van der Waals surface area contributed by atoms with Crippen molar-refractivity contribution in [2.45, 2.75) is 32.0 Å². The van der Waals surface area contributed by atoms with Crippen LogP contribution in [0.3, 0.4) is 0 Å². The van der Waals surface area contributed by atoms with Crippen molar-refractivity contribution < 1.29 is 19.4 Å². The van der Waals surface area contributed by atoms with Crippen LogP contribution in [0.4, 0.5) is 0 Å². The predicted molar refractivity (Wildman–Crippen MR) is 94.7 cm³/mol. The number of carbonyl (C=O) groups is 1. The molecule has 3 rings (SSSR count). The van der Waals surface area contributed by atoms with Gasteiger partial charge in [-0.1, -0.05) is 12.1 Å². The maximum absolute atomic E-state index is 12.3. The standard InChI is InChI=1S/C19H28N2O4/c1-15-4-2-5-17(12-15)25-14-16(22)13-20-7-9-21(10-8-20)19(23)18-6-3-11-24-18/h2,4-5,12,16,18,22H,3,6-11,13-14H2,1H3/t16-,18-/m0/s1. The molecule has 25 heavy (non-hydrogen) atoms. The van der Waals surface area contributed by atoms with Crippen LogP contribution in [0.25, 0.3) is 0 Å². The minimum absolute atomic E-state index is 0.125. The fourth-order valence-corrected chi connectivity index (χ4v) is 3.38. The number of rotatable bonds is 6. The smallest absolute Gasteiger partial charge is 0.251 e. The highest BCUT2D eigenvalue weighted by Gasteiger charge is 2.30. The third-order valence-electron chi connectivity index (χ3n) is 4.79. The molecule has 138 valence electrons. The largest absolute Gasteiger partial charge is 0.491 e. The number of carbonyl (C=O) groups excluding carboxylic acids is 1. The van der Waals surface area contributed by atoms with Gasteiger partial charge in [-0.15, -0.1) is 0 Å². The van der Waals surface area contributed by atoms with Crippen LogP contribution in [-0.4, -0.2) is 79.0 Å². The van der Waals surface area contributed by atoms with Crippen molar-refractivity contribution in [3.63, 3.8) is 0 Å². The van der Waals surface area contributed by atoms with E-state index in [4.69, 9.17) is 9.47 Å². The summed E-state index contributed by atoms with van der Waals surface area (Å²) in [4.78, 5) is 16.4. The van der Waals surface area contributed by atoms with E-state index in [1.807, 2.05) is 36.1 Å². The molecule has 0 unspecified atom stereocenters. The molecule has 0 aliphatic carbocycles. The molecule has 6 nitrogen and oxygen atoms in total. The molecular weight excluding hydrogens is 320 g/mol. The van der Waals surface area contributed by atoms with Crippen molar-refractivity contribution in [2.75, 3.05) is 45.9 Å². The van der Waals surface area contributed by atoms with Gasteiger partial charge in [0.25, 0.3) is 5.91 Å². The van der Waals surface area contributed by atoms with Gasteiger partial charge in [0.1, 0.15) is 24.6 Å². The van der Waals surface area contributed by atoms with Gasteiger partial charge in [0.2, 0.25) is 0 Å². The number of piperazine rings is 1. The average molecular weight is 348 g/mol. The second-order valence-electron chi connectivity index (χ2n) is 6.91. The van der Waals surface area contributed by atoms with Crippen LogP contribution in [0.1, 0.15) is 18.4 Å². The zero-order valence-corrected chi connectivity index (χ0v) is 14.9. The van der Waals surface area contributed by atoms with E-state index in [9.17, 15) is 9.90 Å². The van der Waals surface area contributed by atoms with Crippen LogP contribution >= 0.6 is 0 Å². The molecule has 0 radical (unpaired) electrons. The molecule has 1 N–H and O–H groups in total. The van der Waals surface area contributed by atoms with E-state index < -0.39 is 6.10 Å². The van der Waals surface area contributed by atoms with E-state index in [1.54, 1.807) is 0 Å². The summed E-state index contributed by atoms with van der Waals surface area (Å²) in [6.45, 7) is 6.50. The lowest BCUT2D eigenvalue weighted by Crippen LogP contribution is -2.53. The Morgan fingerprint density at radius 2 is 2.16 bits per heavy atom. The van der Waals surface area contributed by atoms with Crippen LogP contribution in [-0.2, 0) is 9.53 Å². The Hall–Kier alpha value is -1.63. The normalized spacial score (nSPS) is 22.8. The van der Waals surface area contributed by atoms with Crippen molar-refractivity contribution in [3.8, 4) is 5.75 Å². The first-order valence-electron chi connectivity index (χ1n) is 9.12. The molecule has 0 aromatic heterocycles. The van der Waals surface area contributed by atoms with Gasteiger partial charge >= 0.3 is 0 Å². The van der Waals surface area contributed by atoms with Gasteiger partial charge < -0.3 is 19.5 Å². The minimum atomic E-state index is -0.541. The van der Waals surface area contributed by atoms with Gasteiger partial charge in [0, 0.05) is 39.3 Å². The fourth-order valence-electron chi connectivity index (χ4n) is 3.38. The Morgan fingerprint density at radius 1 is 1.36 bits per heavy atom. The van der Waals surface area contributed by atoms with Gasteiger partial charge in [-0.25, -0.2) is 0 Å². The first kappa shape index (κ1) is 18.2. The molecule has 2 aliphatic rings. The number of hydrogen-bond donors (Lipinski definition) is 1. The third kappa shape index (κ3) is 5.17. The summed E-state index contributed by atoms with van der Waals surface area (Å²) in [5.41, 5.74) is 1.14. The van der Waals surface area contributed by atoms with E-state index in [0.717, 1.165) is 37.2 Å². The first-order chi connectivity index (χ1) is 12.1. The zero-order valence-electron chi connectivity index (χ0n) is 14.9. The molecule has 1 amide bonds. The maximum atomic E-state index is 12.3. The molecule has 2 saturated heterocycles. The lowest BCUT2D eigenvalue weighted by Gasteiger charge is -2.36. The summed E-state index contributed by atoms with van der Waals surface area (Å²) < 4.78 is 11.1. The molecular formula is C19H28N2O4. The van der Waals surface area contributed by atoms with Crippen molar-refractivity contribution >= 4 is 5.91 Å². The molecule has 2 aliphatic heterocycles. The number of aliphatic hydroxyl groups is 1. The molecule has 0 bridgehead atoms. The van der Waals surface area contributed by atoms with Gasteiger partial charge in [0.05, 0.1) is 0 Å². The monoisotopic (exact) mass is 348 g/mol. The summed E-state index contributed by atoms with van der Waals surface area (Å²) in [5.74, 6) is 0.909. The lowest BCUT2D eigenvalue weighted by atomic mass is 10.2. The van der Waals surface area contributed by atoms with Crippen molar-refractivity contribution in [1.82, 2.24) is 9.80 Å². The number of benzene rings is 1. The van der Waals surface area contributed by atoms with E-state index in [0.29, 0.717) is 26.2 Å². The summed E-state index contributed by atoms with van der Waals surface area (Å²) in [6.07, 6.45) is 1.04. The van der Waals surface area contributed by atoms with E-state index >= 15 is 0 Å². The SMILES string of the molecule is Cc1cccc(OC[C@@H](O)CN2CCN(C(=O)[C@@H]3CCCO3)CC2)c1. The molecule has 6 heteroatoms. The second-order valence-corrected chi connectivity index (χ2v) is 6.91. The third-order valence-corrected chi connectivity index (χ3v) is 4.79. The zero-order chi connectivity index (χ0) is 17.6. The fraction of sp³-hybridized carbons (Fsp3) is 0.632. The topological polar surface area (TPSA) is 62.2 Å². The Morgan fingerprint density at radius 3 is 2.84 bits per heavy atom. The van der Waals surface area contributed by atoms with Gasteiger partial charge in [-0.3, -0.25) is 9.69 Å². The molecule has 1 aromatic rings. The number of β-amino-alcohol motifs (C(OH)–C–C–N with tert-alkyl or cyclic N) is 1. The van der Waals surface area contributed by atoms with Crippen molar-refractivity contribution in [3.05, 3.63) is 29.8 Å². The number of hydrogen-bond acceptors (Lipinski definition) is 5. The first-order valence-corrected chi connectivity index (χ1v) is 9.12. The second kappa shape index (κ2) is 8.65. The molecule has 2 heterocycles. The highest BCUT2D eigenvalue weighted by Crippen LogP contribution is 2.16. The minimum Gasteiger partial charge on any atom is -0.491 e.